The minimum Gasteiger partial charge on any atom is -0.490 e. The second-order valence-electron chi connectivity index (χ2n) is 6.84. The number of carbonyl (C=O) groups excluding carboxylic acids is 1. The zero-order valence-electron chi connectivity index (χ0n) is 15.4. The molecule has 26 heavy (non-hydrogen) atoms. The molecule has 3 rings (SSSR count). The van der Waals surface area contributed by atoms with Gasteiger partial charge in [-0.2, -0.15) is 0 Å². The van der Waals surface area contributed by atoms with E-state index >= 15 is 0 Å². The van der Waals surface area contributed by atoms with Gasteiger partial charge in [-0.25, -0.2) is 0 Å². The number of hydrogen-bond acceptors (Lipinski definition) is 3. The molecule has 0 aromatic heterocycles. The highest BCUT2D eigenvalue weighted by molar-refractivity contribution is 5.94. The summed E-state index contributed by atoms with van der Waals surface area (Å²) in [6.45, 7) is 2.99. The average Bonchev–Trinajstić information content (AvgIpc) is 2.68. The van der Waals surface area contributed by atoms with Crippen molar-refractivity contribution in [2.75, 3.05) is 13.2 Å². The number of benzene rings is 2. The maximum atomic E-state index is 12.3. The van der Waals surface area contributed by atoms with E-state index in [9.17, 15) is 4.79 Å². The highest BCUT2D eigenvalue weighted by Gasteiger charge is 2.16. The monoisotopic (exact) mass is 353 g/mol. The highest BCUT2D eigenvalue weighted by atomic mass is 16.5. The lowest BCUT2D eigenvalue weighted by Crippen LogP contribution is -2.36. The van der Waals surface area contributed by atoms with Gasteiger partial charge >= 0.3 is 0 Å². The molecule has 0 unspecified atom stereocenters. The maximum absolute atomic E-state index is 12.3. The van der Waals surface area contributed by atoms with Crippen LogP contribution in [-0.4, -0.2) is 25.2 Å². The smallest absolute Gasteiger partial charge is 0.251 e. The number of carbonyl (C=O) groups is 1. The van der Waals surface area contributed by atoms with E-state index in [0.717, 1.165) is 24.3 Å². The number of aryl methyl sites for hydroxylation is 1. The lowest BCUT2D eigenvalue weighted by Gasteiger charge is -2.22. The Morgan fingerprint density at radius 2 is 1.42 bits per heavy atom. The van der Waals surface area contributed by atoms with Crippen molar-refractivity contribution in [1.29, 1.82) is 0 Å². The molecule has 2 aromatic carbocycles. The van der Waals surface area contributed by atoms with Gasteiger partial charge in [0, 0.05) is 11.6 Å². The SMILES string of the molecule is Cc1ccc(OCCOc2ccc(C(=O)NC3CCCCC3)cc2)cc1. The maximum Gasteiger partial charge on any atom is 0.251 e. The van der Waals surface area contributed by atoms with Gasteiger partial charge in [0.2, 0.25) is 0 Å². The summed E-state index contributed by atoms with van der Waals surface area (Å²) in [5.74, 6) is 1.59. The number of amides is 1. The largest absolute Gasteiger partial charge is 0.490 e. The zero-order valence-corrected chi connectivity index (χ0v) is 15.4. The Kier molecular flexibility index (Phi) is 6.53. The predicted molar refractivity (Wildman–Crippen MR) is 103 cm³/mol. The Bertz CT molecular complexity index is 688. The summed E-state index contributed by atoms with van der Waals surface area (Å²) >= 11 is 0. The molecule has 0 atom stereocenters. The molecule has 1 saturated carbocycles. The van der Waals surface area contributed by atoms with Crippen LogP contribution in [0.1, 0.15) is 48.0 Å². The van der Waals surface area contributed by atoms with Gasteiger partial charge in [0.25, 0.3) is 5.91 Å². The fraction of sp³-hybridized carbons (Fsp3) is 0.409. The van der Waals surface area contributed by atoms with Crippen LogP contribution in [0.15, 0.2) is 48.5 Å². The molecular weight excluding hydrogens is 326 g/mol. The van der Waals surface area contributed by atoms with Crippen LogP contribution in [0.3, 0.4) is 0 Å². The van der Waals surface area contributed by atoms with Crippen LogP contribution in [-0.2, 0) is 0 Å². The van der Waals surface area contributed by atoms with Crippen molar-refractivity contribution in [3.8, 4) is 11.5 Å². The molecule has 1 aliphatic rings. The molecule has 4 heteroatoms. The average molecular weight is 353 g/mol. The van der Waals surface area contributed by atoms with Crippen LogP contribution >= 0.6 is 0 Å². The first kappa shape index (κ1) is 18.3. The van der Waals surface area contributed by atoms with Crippen LogP contribution in [0, 0.1) is 6.92 Å². The van der Waals surface area contributed by atoms with Gasteiger partial charge in [0.1, 0.15) is 24.7 Å². The molecule has 2 aromatic rings. The lowest BCUT2D eigenvalue weighted by atomic mass is 9.95. The fourth-order valence-corrected chi connectivity index (χ4v) is 3.17. The quantitative estimate of drug-likeness (QED) is 0.745. The molecular formula is C22H27NO3. The van der Waals surface area contributed by atoms with Gasteiger partial charge in [-0.1, -0.05) is 37.0 Å². The number of rotatable bonds is 7. The van der Waals surface area contributed by atoms with E-state index in [2.05, 4.69) is 5.32 Å². The van der Waals surface area contributed by atoms with E-state index < -0.39 is 0 Å². The van der Waals surface area contributed by atoms with Crippen LogP contribution in [0.4, 0.5) is 0 Å². The molecule has 0 saturated heterocycles. The summed E-state index contributed by atoms with van der Waals surface area (Å²) in [7, 11) is 0. The summed E-state index contributed by atoms with van der Waals surface area (Å²) < 4.78 is 11.3. The fourth-order valence-electron chi connectivity index (χ4n) is 3.17. The minimum atomic E-state index is 0.00570. The second-order valence-corrected chi connectivity index (χ2v) is 6.84. The van der Waals surface area contributed by atoms with E-state index in [0.29, 0.717) is 24.8 Å². The summed E-state index contributed by atoms with van der Waals surface area (Å²) in [6.07, 6.45) is 5.89. The van der Waals surface area contributed by atoms with Gasteiger partial charge in [-0.15, -0.1) is 0 Å². The Labute approximate surface area is 155 Å². The lowest BCUT2D eigenvalue weighted by molar-refractivity contribution is 0.0927. The van der Waals surface area contributed by atoms with Crippen molar-refractivity contribution in [3.63, 3.8) is 0 Å². The Morgan fingerprint density at radius 1 is 0.885 bits per heavy atom. The Morgan fingerprint density at radius 3 is 2.00 bits per heavy atom. The summed E-state index contributed by atoms with van der Waals surface area (Å²) in [5.41, 5.74) is 1.89. The third kappa shape index (κ3) is 5.51. The summed E-state index contributed by atoms with van der Waals surface area (Å²) in [5, 5.41) is 3.13. The van der Waals surface area contributed by atoms with Crippen molar-refractivity contribution in [1.82, 2.24) is 5.32 Å². The van der Waals surface area contributed by atoms with Crippen LogP contribution < -0.4 is 14.8 Å². The molecule has 0 radical (unpaired) electrons. The molecule has 0 heterocycles. The van der Waals surface area contributed by atoms with E-state index in [-0.39, 0.29) is 5.91 Å². The Balaban J connectivity index is 1.40. The molecule has 0 aliphatic heterocycles. The summed E-state index contributed by atoms with van der Waals surface area (Å²) in [6, 6.07) is 15.6. The van der Waals surface area contributed by atoms with Gasteiger partial charge in [0.05, 0.1) is 0 Å². The molecule has 0 spiro atoms. The standard InChI is InChI=1S/C22H27NO3/c1-17-7-11-20(12-8-17)25-15-16-26-21-13-9-18(10-14-21)22(24)23-19-5-3-2-4-6-19/h7-14,19H,2-6,15-16H2,1H3,(H,23,24). The predicted octanol–water partition coefficient (Wildman–Crippen LogP) is 4.52. The molecule has 1 N–H and O–H groups in total. The number of hydrogen-bond donors (Lipinski definition) is 1. The Hall–Kier alpha value is -2.49. The van der Waals surface area contributed by atoms with Crippen LogP contribution in [0.5, 0.6) is 11.5 Å². The molecule has 4 nitrogen and oxygen atoms in total. The van der Waals surface area contributed by atoms with Gasteiger partial charge < -0.3 is 14.8 Å². The molecule has 1 aliphatic carbocycles. The van der Waals surface area contributed by atoms with E-state index in [1.54, 1.807) is 0 Å². The normalized spacial score (nSPS) is 14.7. The van der Waals surface area contributed by atoms with Crippen molar-refractivity contribution in [2.45, 2.75) is 45.1 Å². The third-order valence-corrected chi connectivity index (χ3v) is 4.70. The minimum absolute atomic E-state index is 0.00570. The van der Waals surface area contributed by atoms with Crippen molar-refractivity contribution in [3.05, 3.63) is 59.7 Å². The highest BCUT2D eigenvalue weighted by Crippen LogP contribution is 2.18. The number of nitrogens with one attached hydrogen (secondary N) is 1. The first-order chi connectivity index (χ1) is 12.7. The van der Waals surface area contributed by atoms with Gasteiger partial charge in [0.15, 0.2) is 0 Å². The first-order valence-corrected chi connectivity index (χ1v) is 9.44. The zero-order chi connectivity index (χ0) is 18.2. The number of ether oxygens (including phenoxy) is 2. The first-order valence-electron chi connectivity index (χ1n) is 9.44. The molecule has 0 bridgehead atoms. The van der Waals surface area contributed by atoms with Gasteiger partial charge in [-0.3, -0.25) is 4.79 Å². The van der Waals surface area contributed by atoms with Crippen LogP contribution in [0.2, 0.25) is 0 Å². The van der Waals surface area contributed by atoms with E-state index in [1.807, 2.05) is 55.5 Å². The van der Waals surface area contributed by atoms with Crippen LogP contribution in [0.25, 0.3) is 0 Å². The second kappa shape index (κ2) is 9.27. The van der Waals surface area contributed by atoms with E-state index in [4.69, 9.17) is 9.47 Å². The topological polar surface area (TPSA) is 47.6 Å². The van der Waals surface area contributed by atoms with E-state index in [1.165, 1.54) is 24.8 Å². The van der Waals surface area contributed by atoms with Crippen molar-refractivity contribution >= 4 is 5.91 Å². The molecule has 1 amide bonds. The van der Waals surface area contributed by atoms with Gasteiger partial charge in [-0.05, 0) is 56.2 Å². The van der Waals surface area contributed by atoms with Crippen molar-refractivity contribution in [2.24, 2.45) is 0 Å². The van der Waals surface area contributed by atoms with Crippen molar-refractivity contribution < 1.29 is 14.3 Å². The molecule has 1 fully saturated rings. The summed E-state index contributed by atoms with van der Waals surface area (Å²) in [4.78, 5) is 12.3. The third-order valence-electron chi connectivity index (χ3n) is 4.70. The molecule has 138 valence electrons.